The zero-order chi connectivity index (χ0) is 21.5. The van der Waals surface area contributed by atoms with Crippen molar-refractivity contribution in [3.05, 3.63) is 95.1 Å². The predicted molar refractivity (Wildman–Crippen MR) is 116 cm³/mol. The second-order valence-electron chi connectivity index (χ2n) is 7.12. The zero-order valence-corrected chi connectivity index (χ0v) is 17.3. The van der Waals surface area contributed by atoms with Gasteiger partial charge in [0.1, 0.15) is 17.1 Å². The van der Waals surface area contributed by atoms with Gasteiger partial charge in [0.25, 0.3) is 5.91 Å². The first-order valence-electron chi connectivity index (χ1n) is 9.79. The number of carbonyl (C=O) groups excluding carboxylic acids is 2. The minimum Gasteiger partial charge on any atom is -0.456 e. The Kier molecular flexibility index (Phi) is 6.86. The molecule has 3 aromatic carbocycles. The van der Waals surface area contributed by atoms with Gasteiger partial charge in [0.2, 0.25) is 0 Å². The highest BCUT2D eigenvalue weighted by Gasteiger charge is 2.17. The van der Waals surface area contributed by atoms with Gasteiger partial charge in [-0.2, -0.15) is 0 Å². The van der Waals surface area contributed by atoms with Gasteiger partial charge in [-0.15, -0.1) is 0 Å². The van der Waals surface area contributed by atoms with Crippen molar-refractivity contribution in [2.45, 2.75) is 26.8 Å². The Hall–Kier alpha value is -3.60. The van der Waals surface area contributed by atoms with Gasteiger partial charge in [0.15, 0.2) is 6.61 Å². The van der Waals surface area contributed by atoms with E-state index in [0.29, 0.717) is 11.5 Å². The van der Waals surface area contributed by atoms with Crippen molar-refractivity contribution in [3.63, 3.8) is 0 Å². The van der Waals surface area contributed by atoms with Crippen LogP contribution in [0.5, 0.6) is 11.5 Å². The van der Waals surface area contributed by atoms with E-state index in [1.807, 2.05) is 57.2 Å². The quantitative estimate of drug-likeness (QED) is 0.556. The molecule has 0 aliphatic rings. The van der Waals surface area contributed by atoms with Gasteiger partial charge in [0.05, 0.1) is 6.04 Å². The summed E-state index contributed by atoms with van der Waals surface area (Å²) in [7, 11) is 0. The van der Waals surface area contributed by atoms with Crippen molar-refractivity contribution in [1.82, 2.24) is 5.32 Å². The lowest BCUT2D eigenvalue weighted by Gasteiger charge is -2.16. The van der Waals surface area contributed by atoms with Crippen LogP contribution in [0, 0.1) is 13.8 Å². The molecule has 0 saturated carbocycles. The van der Waals surface area contributed by atoms with Gasteiger partial charge in [-0.05, 0) is 61.7 Å². The molecule has 0 bridgehead atoms. The van der Waals surface area contributed by atoms with Crippen LogP contribution in [0.25, 0.3) is 0 Å². The predicted octanol–water partition coefficient (Wildman–Crippen LogP) is 5.13. The molecule has 0 aliphatic heterocycles. The van der Waals surface area contributed by atoms with Crippen molar-refractivity contribution in [3.8, 4) is 11.5 Å². The molecule has 5 heteroatoms. The summed E-state index contributed by atoms with van der Waals surface area (Å²) in [4.78, 5) is 24.8. The number of aryl methyl sites for hydroxylation is 2. The van der Waals surface area contributed by atoms with Crippen molar-refractivity contribution < 1.29 is 19.1 Å². The Balaban J connectivity index is 1.59. The molecule has 0 aromatic heterocycles. The van der Waals surface area contributed by atoms with Crippen molar-refractivity contribution in [1.29, 1.82) is 0 Å². The van der Waals surface area contributed by atoms with Crippen LogP contribution in [-0.2, 0) is 9.53 Å². The summed E-state index contributed by atoms with van der Waals surface area (Å²) in [5, 5.41) is 2.86. The molecule has 0 unspecified atom stereocenters. The molecule has 1 atom stereocenters. The summed E-state index contributed by atoms with van der Waals surface area (Å²) < 4.78 is 11.0. The lowest BCUT2D eigenvalue weighted by atomic mass is 10.0. The van der Waals surface area contributed by atoms with Crippen LogP contribution in [0.4, 0.5) is 0 Å². The van der Waals surface area contributed by atoms with Crippen LogP contribution in [0.1, 0.15) is 40.0 Å². The fraction of sp³-hybridized carbons (Fsp3) is 0.200. The van der Waals surface area contributed by atoms with Crippen LogP contribution < -0.4 is 10.1 Å². The summed E-state index contributed by atoms with van der Waals surface area (Å²) in [5.41, 5.74) is 3.62. The lowest BCUT2D eigenvalue weighted by Crippen LogP contribution is -2.31. The van der Waals surface area contributed by atoms with Crippen molar-refractivity contribution in [2.24, 2.45) is 0 Å². The van der Waals surface area contributed by atoms with E-state index in [4.69, 9.17) is 9.47 Å². The van der Waals surface area contributed by atoms with E-state index in [-0.39, 0.29) is 24.1 Å². The molecule has 1 N–H and O–H groups in total. The van der Waals surface area contributed by atoms with Gasteiger partial charge >= 0.3 is 5.97 Å². The van der Waals surface area contributed by atoms with E-state index in [1.54, 1.807) is 36.4 Å². The average molecular weight is 403 g/mol. The maximum Gasteiger partial charge on any atom is 0.342 e. The van der Waals surface area contributed by atoms with Crippen LogP contribution in [0.3, 0.4) is 0 Å². The number of rotatable bonds is 7. The number of hydrogen-bond acceptors (Lipinski definition) is 4. The smallest absolute Gasteiger partial charge is 0.342 e. The number of carbonyl (C=O) groups is 2. The Labute approximate surface area is 176 Å². The number of ether oxygens (including phenoxy) is 2. The fourth-order valence-corrected chi connectivity index (χ4v) is 2.95. The van der Waals surface area contributed by atoms with Gasteiger partial charge in [-0.3, -0.25) is 4.79 Å². The van der Waals surface area contributed by atoms with Crippen molar-refractivity contribution >= 4 is 11.9 Å². The minimum absolute atomic E-state index is 0.191. The molecule has 0 spiro atoms. The third-order valence-corrected chi connectivity index (χ3v) is 4.82. The maximum atomic E-state index is 12.5. The van der Waals surface area contributed by atoms with Gasteiger partial charge in [-0.25, -0.2) is 4.79 Å². The zero-order valence-electron chi connectivity index (χ0n) is 17.3. The van der Waals surface area contributed by atoms with E-state index >= 15 is 0 Å². The molecule has 3 aromatic rings. The number of amides is 1. The maximum absolute atomic E-state index is 12.5. The molecule has 0 aliphatic carbocycles. The number of esters is 1. The first-order valence-corrected chi connectivity index (χ1v) is 9.79. The molecule has 3 rings (SSSR count). The third kappa shape index (κ3) is 5.47. The topological polar surface area (TPSA) is 64.6 Å². The van der Waals surface area contributed by atoms with Crippen LogP contribution in [0.15, 0.2) is 72.8 Å². The first-order chi connectivity index (χ1) is 14.4. The van der Waals surface area contributed by atoms with E-state index in [0.717, 1.165) is 11.1 Å². The van der Waals surface area contributed by atoms with Crippen molar-refractivity contribution in [2.75, 3.05) is 6.61 Å². The molecule has 30 heavy (non-hydrogen) atoms. The minimum atomic E-state index is -0.615. The molecule has 1 amide bonds. The van der Waals surface area contributed by atoms with Crippen LogP contribution >= 0.6 is 0 Å². The van der Waals surface area contributed by atoms with Crippen LogP contribution in [-0.4, -0.2) is 18.5 Å². The highest BCUT2D eigenvalue weighted by atomic mass is 16.5. The van der Waals surface area contributed by atoms with Gasteiger partial charge < -0.3 is 14.8 Å². The average Bonchev–Trinajstić information content (AvgIpc) is 2.75. The molecule has 5 nitrogen and oxygen atoms in total. The Morgan fingerprint density at radius 1 is 0.900 bits per heavy atom. The molecule has 0 heterocycles. The summed E-state index contributed by atoms with van der Waals surface area (Å²) in [6.45, 7) is 5.60. The Bertz CT molecular complexity index is 1030. The Morgan fingerprint density at radius 2 is 1.60 bits per heavy atom. The van der Waals surface area contributed by atoms with E-state index in [2.05, 4.69) is 5.32 Å². The molecule has 0 radical (unpaired) electrons. The third-order valence-electron chi connectivity index (χ3n) is 4.82. The van der Waals surface area contributed by atoms with Crippen LogP contribution in [0.2, 0.25) is 0 Å². The molecular weight excluding hydrogens is 378 g/mol. The highest BCUT2D eigenvalue weighted by molar-refractivity contribution is 5.94. The number of nitrogens with one attached hydrogen (secondary N) is 1. The molecule has 0 saturated heterocycles. The number of hydrogen-bond donors (Lipinski definition) is 1. The second-order valence-corrected chi connectivity index (χ2v) is 7.12. The molecular formula is C25H25NO4. The van der Waals surface area contributed by atoms with E-state index in [1.165, 1.54) is 5.56 Å². The lowest BCUT2D eigenvalue weighted by molar-refractivity contribution is -0.124. The number of para-hydroxylation sites is 2. The standard InChI is InChI=1S/C25H25NO4/c1-17-13-14-20(15-18(17)2)19(3)26-24(27)16-29-25(28)22-11-7-8-12-23(22)30-21-9-5-4-6-10-21/h4-15,19H,16H2,1-3H3,(H,26,27)/t19-/m0/s1. The molecule has 154 valence electrons. The number of benzene rings is 3. The summed E-state index contributed by atoms with van der Waals surface area (Å²) in [5.74, 6) is 0.00127. The molecule has 0 fully saturated rings. The SMILES string of the molecule is Cc1ccc([C@H](C)NC(=O)COC(=O)c2ccccc2Oc2ccccc2)cc1C. The van der Waals surface area contributed by atoms with Gasteiger partial charge in [0, 0.05) is 0 Å². The normalized spacial score (nSPS) is 11.4. The highest BCUT2D eigenvalue weighted by Crippen LogP contribution is 2.25. The summed E-state index contributed by atoms with van der Waals surface area (Å²) in [6.07, 6.45) is 0. The summed E-state index contributed by atoms with van der Waals surface area (Å²) >= 11 is 0. The largest absolute Gasteiger partial charge is 0.456 e. The van der Waals surface area contributed by atoms with Gasteiger partial charge in [-0.1, -0.05) is 48.5 Å². The first kappa shape index (κ1) is 21.1. The second kappa shape index (κ2) is 9.74. The summed E-state index contributed by atoms with van der Waals surface area (Å²) in [6, 6.07) is 21.8. The van der Waals surface area contributed by atoms with E-state index in [9.17, 15) is 9.59 Å². The monoisotopic (exact) mass is 403 g/mol. The Morgan fingerprint density at radius 3 is 2.33 bits per heavy atom. The fourth-order valence-electron chi connectivity index (χ4n) is 2.95. The van der Waals surface area contributed by atoms with E-state index < -0.39 is 5.97 Å².